The molecule has 0 aliphatic heterocycles. The van der Waals surface area contributed by atoms with E-state index in [0.717, 1.165) is 56.5 Å². The lowest BCUT2D eigenvalue weighted by Gasteiger charge is -2.36. The predicted molar refractivity (Wildman–Crippen MR) is 84.2 cm³/mol. The highest BCUT2D eigenvalue weighted by molar-refractivity contribution is 5.57. The first-order valence-electron chi connectivity index (χ1n) is 8.18. The summed E-state index contributed by atoms with van der Waals surface area (Å²) >= 11 is 0. The van der Waals surface area contributed by atoms with Crippen LogP contribution in [0.2, 0.25) is 0 Å². The maximum atomic E-state index is 9.50. The zero-order chi connectivity index (χ0) is 14.8. The van der Waals surface area contributed by atoms with Crippen molar-refractivity contribution in [2.24, 2.45) is 5.73 Å². The Bertz CT molecular complexity index is 553. The summed E-state index contributed by atoms with van der Waals surface area (Å²) in [7, 11) is 0. The highest BCUT2D eigenvalue weighted by Crippen LogP contribution is 2.31. The van der Waals surface area contributed by atoms with E-state index in [2.05, 4.69) is 24.0 Å². The number of pyridine rings is 1. The number of rotatable bonds is 3. The van der Waals surface area contributed by atoms with Crippen LogP contribution in [0.1, 0.15) is 55.8 Å². The van der Waals surface area contributed by atoms with Gasteiger partial charge in [0.15, 0.2) is 0 Å². The average Bonchev–Trinajstić information content (AvgIpc) is 2.96. The molecule has 0 saturated heterocycles. The van der Waals surface area contributed by atoms with E-state index in [0.29, 0.717) is 12.1 Å². The summed E-state index contributed by atoms with van der Waals surface area (Å²) in [6.45, 7) is 3.06. The molecule has 0 aromatic carbocycles. The van der Waals surface area contributed by atoms with Crippen LogP contribution in [0.25, 0.3) is 0 Å². The van der Waals surface area contributed by atoms with Crippen LogP contribution < -0.4 is 10.6 Å². The van der Waals surface area contributed by atoms with Gasteiger partial charge in [-0.05, 0) is 63.5 Å². The van der Waals surface area contributed by atoms with Gasteiger partial charge in [-0.15, -0.1) is 0 Å². The number of nitrogens with zero attached hydrogens (tertiary/aromatic N) is 3. The van der Waals surface area contributed by atoms with Gasteiger partial charge in [-0.3, -0.25) is 0 Å². The van der Waals surface area contributed by atoms with E-state index in [1.807, 2.05) is 0 Å². The molecular weight excluding hydrogens is 260 g/mol. The SMILES string of the molecule is CCN(c1nc2c(cc1C#N)CCC2)C1CCC(N)CC1. The van der Waals surface area contributed by atoms with E-state index >= 15 is 0 Å². The highest BCUT2D eigenvalue weighted by Gasteiger charge is 2.27. The van der Waals surface area contributed by atoms with Crippen LogP contribution in [0.3, 0.4) is 0 Å². The number of hydrogen-bond donors (Lipinski definition) is 1. The predicted octanol–water partition coefficient (Wildman–Crippen LogP) is 2.54. The second-order valence-electron chi connectivity index (χ2n) is 6.29. The Morgan fingerprint density at radius 1 is 1.33 bits per heavy atom. The molecule has 2 aliphatic carbocycles. The van der Waals surface area contributed by atoms with Crippen molar-refractivity contribution in [3.05, 3.63) is 22.9 Å². The largest absolute Gasteiger partial charge is 0.353 e. The summed E-state index contributed by atoms with van der Waals surface area (Å²) in [6.07, 6.45) is 7.67. The van der Waals surface area contributed by atoms with Crippen molar-refractivity contribution < 1.29 is 0 Å². The van der Waals surface area contributed by atoms with Gasteiger partial charge in [-0.1, -0.05) is 0 Å². The molecule has 2 aliphatic rings. The quantitative estimate of drug-likeness (QED) is 0.926. The molecule has 2 N–H and O–H groups in total. The molecule has 1 aromatic rings. The first-order valence-corrected chi connectivity index (χ1v) is 8.18. The lowest BCUT2D eigenvalue weighted by molar-refractivity contribution is 0.376. The van der Waals surface area contributed by atoms with Crippen LogP contribution in [0.15, 0.2) is 6.07 Å². The second-order valence-corrected chi connectivity index (χ2v) is 6.29. The van der Waals surface area contributed by atoms with Gasteiger partial charge in [0.2, 0.25) is 0 Å². The van der Waals surface area contributed by atoms with E-state index in [9.17, 15) is 5.26 Å². The van der Waals surface area contributed by atoms with E-state index in [4.69, 9.17) is 10.7 Å². The number of aryl methyl sites for hydroxylation is 2. The summed E-state index contributed by atoms with van der Waals surface area (Å²) in [6, 6.07) is 5.26. The van der Waals surface area contributed by atoms with Gasteiger partial charge < -0.3 is 10.6 Å². The summed E-state index contributed by atoms with van der Waals surface area (Å²) in [5, 5.41) is 9.50. The number of fused-ring (bicyclic) bond motifs is 1. The molecule has 0 radical (unpaired) electrons. The van der Waals surface area contributed by atoms with E-state index < -0.39 is 0 Å². The Morgan fingerprint density at radius 2 is 2.10 bits per heavy atom. The Balaban J connectivity index is 1.91. The van der Waals surface area contributed by atoms with E-state index in [1.54, 1.807) is 0 Å². The molecule has 4 heteroatoms. The monoisotopic (exact) mass is 284 g/mol. The molecule has 0 bridgehead atoms. The number of anilines is 1. The zero-order valence-corrected chi connectivity index (χ0v) is 12.8. The molecule has 1 heterocycles. The van der Waals surface area contributed by atoms with Gasteiger partial charge in [-0.2, -0.15) is 5.26 Å². The lowest BCUT2D eigenvalue weighted by Crippen LogP contribution is -2.41. The Morgan fingerprint density at radius 3 is 2.76 bits per heavy atom. The summed E-state index contributed by atoms with van der Waals surface area (Å²) in [5.41, 5.74) is 9.24. The molecular formula is C17H24N4. The van der Waals surface area contributed by atoms with Crippen molar-refractivity contribution >= 4 is 5.82 Å². The number of nitrogens with two attached hydrogens (primary N) is 1. The van der Waals surface area contributed by atoms with Gasteiger partial charge in [0.1, 0.15) is 11.9 Å². The number of nitriles is 1. The molecule has 0 amide bonds. The third-order valence-electron chi connectivity index (χ3n) is 4.95. The minimum Gasteiger partial charge on any atom is -0.353 e. The van der Waals surface area contributed by atoms with Gasteiger partial charge >= 0.3 is 0 Å². The molecule has 112 valence electrons. The molecule has 1 saturated carbocycles. The van der Waals surface area contributed by atoms with Crippen LogP contribution in [0, 0.1) is 11.3 Å². The Kier molecular flexibility index (Phi) is 4.12. The minimum atomic E-state index is 0.350. The molecule has 0 atom stereocenters. The van der Waals surface area contributed by atoms with Crippen molar-refractivity contribution in [2.45, 2.75) is 64.0 Å². The van der Waals surface area contributed by atoms with Gasteiger partial charge in [0.05, 0.1) is 5.56 Å². The molecule has 0 unspecified atom stereocenters. The summed E-state index contributed by atoms with van der Waals surface area (Å²) < 4.78 is 0. The highest BCUT2D eigenvalue weighted by atomic mass is 15.2. The van der Waals surface area contributed by atoms with Gasteiger partial charge in [0.25, 0.3) is 0 Å². The average molecular weight is 284 g/mol. The molecule has 21 heavy (non-hydrogen) atoms. The third-order valence-corrected chi connectivity index (χ3v) is 4.95. The summed E-state index contributed by atoms with van der Waals surface area (Å²) in [4.78, 5) is 7.20. The van der Waals surface area contributed by atoms with Crippen LogP contribution in [-0.4, -0.2) is 23.6 Å². The van der Waals surface area contributed by atoms with Crippen molar-refractivity contribution in [1.82, 2.24) is 4.98 Å². The fourth-order valence-corrected chi connectivity index (χ4v) is 3.76. The number of aromatic nitrogens is 1. The molecule has 1 aromatic heterocycles. The molecule has 1 fully saturated rings. The molecule has 0 spiro atoms. The van der Waals surface area contributed by atoms with Crippen molar-refractivity contribution in [1.29, 1.82) is 5.26 Å². The Hall–Kier alpha value is -1.60. The first-order chi connectivity index (χ1) is 10.2. The molecule has 4 nitrogen and oxygen atoms in total. The standard InChI is InChI=1S/C17H24N4/c1-2-21(15-8-6-14(19)7-9-15)17-13(11-18)10-12-4-3-5-16(12)20-17/h10,14-15H,2-9,19H2,1H3. The minimum absolute atomic E-state index is 0.350. The van der Waals surface area contributed by atoms with Crippen LogP contribution in [0.4, 0.5) is 5.82 Å². The normalized spacial score (nSPS) is 24.4. The van der Waals surface area contributed by atoms with Crippen LogP contribution in [-0.2, 0) is 12.8 Å². The fourth-order valence-electron chi connectivity index (χ4n) is 3.76. The first kappa shape index (κ1) is 14.3. The van der Waals surface area contributed by atoms with E-state index in [1.165, 1.54) is 17.7 Å². The topological polar surface area (TPSA) is 65.9 Å². The molecule has 3 rings (SSSR count). The number of hydrogen-bond acceptors (Lipinski definition) is 4. The van der Waals surface area contributed by atoms with Crippen LogP contribution >= 0.6 is 0 Å². The smallest absolute Gasteiger partial charge is 0.147 e. The fraction of sp³-hybridized carbons (Fsp3) is 0.647. The maximum Gasteiger partial charge on any atom is 0.147 e. The summed E-state index contributed by atoms with van der Waals surface area (Å²) in [5.74, 6) is 0.904. The maximum absolute atomic E-state index is 9.50. The van der Waals surface area contributed by atoms with Crippen molar-refractivity contribution in [3.8, 4) is 6.07 Å². The van der Waals surface area contributed by atoms with Gasteiger partial charge in [0, 0.05) is 24.3 Å². The van der Waals surface area contributed by atoms with E-state index in [-0.39, 0.29) is 0 Å². The van der Waals surface area contributed by atoms with Gasteiger partial charge in [-0.25, -0.2) is 4.98 Å². The van der Waals surface area contributed by atoms with Crippen molar-refractivity contribution in [2.75, 3.05) is 11.4 Å². The van der Waals surface area contributed by atoms with Crippen LogP contribution in [0.5, 0.6) is 0 Å². The third kappa shape index (κ3) is 2.75. The Labute approximate surface area is 127 Å². The van der Waals surface area contributed by atoms with Crippen molar-refractivity contribution in [3.63, 3.8) is 0 Å². The zero-order valence-electron chi connectivity index (χ0n) is 12.8. The second kappa shape index (κ2) is 6.03. The lowest BCUT2D eigenvalue weighted by atomic mass is 9.90.